The van der Waals surface area contributed by atoms with Gasteiger partial charge in [0, 0.05) is 34.1 Å². The molecule has 4 nitrogen and oxygen atoms in total. The molecule has 4 aromatic rings. The first-order valence-electron chi connectivity index (χ1n) is 8.30. The summed E-state index contributed by atoms with van der Waals surface area (Å²) in [6, 6.07) is 17.3. The highest BCUT2D eigenvalue weighted by atomic mass is 32.2. The van der Waals surface area contributed by atoms with Gasteiger partial charge in [-0.05, 0) is 66.8 Å². The summed E-state index contributed by atoms with van der Waals surface area (Å²) in [5, 5.41) is 3.16. The summed E-state index contributed by atoms with van der Waals surface area (Å²) in [5.41, 5.74) is 2.84. The lowest BCUT2D eigenvalue weighted by Crippen LogP contribution is -2.00. The number of aromatic nitrogens is 2. The molecule has 0 amide bonds. The smallest absolute Gasteiger partial charge is 0.175 e. The van der Waals surface area contributed by atoms with Crippen molar-refractivity contribution in [3.8, 4) is 5.69 Å². The number of thiophene rings is 1. The van der Waals surface area contributed by atoms with Gasteiger partial charge in [0.2, 0.25) is 0 Å². The molecule has 0 atom stereocenters. The zero-order valence-electron chi connectivity index (χ0n) is 14.3. The highest BCUT2D eigenvalue weighted by molar-refractivity contribution is 7.90. The number of fused-ring (bicyclic) bond motifs is 1. The highest BCUT2D eigenvalue weighted by Gasteiger charge is 2.09. The maximum absolute atomic E-state index is 11.6. The van der Waals surface area contributed by atoms with Crippen molar-refractivity contribution < 1.29 is 8.42 Å². The van der Waals surface area contributed by atoms with Crippen molar-refractivity contribution in [1.29, 1.82) is 0 Å². The van der Waals surface area contributed by atoms with Crippen LogP contribution in [0.3, 0.4) is 0 Å². The van der Waals surface area contributed by atoms with Gasteiger partial charge >= 0.3 is 0 Å². The highest BCUT2D eigenvalue weighted by Crippen LogP contribution is 2.21. The van der Waals surface area contributed by atoms with E-state index in [1.807, 2.05) is 29.0 Å². The van der Waals surface area contributed by atoms with Gasteiger partial charge < -0.3 is 4.57 Å². The zero-order chi connectivity index (χ0) is 18.1. The van der Waals surface area contributed by atoms with E-state index >= 15 is 0 Å². The summed E-state index contributed by atoms with van der Waals surface area (Å²) < 4.78 is 25.3. The number of rotatable bonds is 5. The van der Waals surface area contributed by atoms with Gasteiger partial charge in [-0.2, -0.15) is 0 Å². The second-order valence-corrected chi connectivity index (χ2v) is 9.29. The Morgan fingerprint density at radius 2 is 1.81 bits per heavy atom. The third-order valence-corrected chi connectivity index (χ3v) is 6.41. The molecule has 0 spiro atoms. The first kappa shape index (κ1) is 17.0. The fraction of sp³-hybridized carbons (Fsp3) is 0.150. The van der Waals surface area contributed by atoms with Crippen molar-refractivity contribution >= 4 is 32.2 Å². The normalized spacial score (nSPS) is 11.9. The SMILES string of the molecule is CS(=O)(=O)c1ccc(-n2ccc3ccc(CCc4cccs4)nc32)cc1. The lowest BCUT2D eigenvalue weighted by molar-refractivity contribution is 0.602. The molecule has 0 aliphatic carbocycles. The van der Waals surface area contributed by atoms with Crippen LogP contribution in [0.5, 0.6) is 0 Å². The predicted molar refractivity (Wildman–Crippen MR) is 106 cm³/mol. The molecule has 0 saturated heterocycles. The van der Waals surface area contributed by atoms with Crippen LogP contribution in [0.2, 0.25) is 0 Å². The molecule has 0 saturated carbocycles. The summed E-state index contributed by atoms with van der Waals surface area (Å²) in [5.74, 6) is 0. The van der Waals surface area contributed by atoms with Crippen LogP contribution in [0.25, 0.3) is 16.7 Å². The Hall–Kier alpha value is -2.44. The number of nitrogens with zero attached hydrogens (tertiary/aromatic N) is 2. The van der Waals surface area contributed by atoms with E-state index in [9.17, 15) is 8.42 Å². The fourth-order valence-corrected chi connectivity index (χ4v) is 4.29. The largest absolute Gasteiger partial charge is 0.301 e. The number of sulfone groups is 1. The minimum Gasteiger partial charge on any atom is -0.301 e. The molecule has 0 aliphatic heterocycles. The molecule has 3 heterocycles. The molecule has 4 rings (SSSR count). The van der Waals surface area contributed by atoms with Gasteiger partial charge in [0.05, 0.1) is 4.90 Å². The van der Waals surface area contributed by atoms with Gasteiger partial charge in [-0.25, -0.2) is 13.4 Å². The molecule has 0 unspecified atom stereocenters. The molecule has 0 fully saturated rings. The number of pyridine rings is 1. The molecular weight excluding hydrogens is 364 g/mol. The van der Waals surface area contributed by atoms with Crippen LogP contribution in [-0.4, -0.2) is 24.2 Å². The monoisotopic (exact) mass is 382 g/mol. The first-order chi connectivity index (χ1) is 12.5. The molecule has 6 heteroatoms. The number of benzene rings is 1. The molecule has 1 aromatic carbocycles. The van der Waals surface area contributed by atoms with Crippen molar-refractivity contribution in [3.05, 3.63) is 76.7 Å². The Kier molecular flexibility index (Phi) is 4.38. The summed E-state index contributed by atoms with van der Waals surface area (Å²) in [7, 11) is -3.19. The van der Waals surface area contributed by atoms with E-state index < -0.39 is 9.84 Å². The molecule has 0 N–H and O–H groups in total. The lowest BCUT2D eigenvalue weighted by Gasteiger charge is -2.07. The standard InChI is InChI=1S/C20H18N2O2S2/c1-26(23,24)19-10-7-17(8-11-19)22-13-12-15-4-5-16(21-20(15)22)6-9-18-3-2-14-25-18/h2-5,7-8,10-14H,6,9H2,1H3. The Labute approximate surface area is 156 Å². The van der Waals surface area contributed by atoms with E-state index in [1.54, 1.807) is 23.5 Å². The van der Waals surface area contributed by atoms with E-state index in [4.69, 9.17) is 4.98 Å². The van der Waals surface area contributed by atoms with Crippen LogP contribution in [0.15, 0.2) is 71.1 Å². The average molecular weight is 383 g/mol. The van der Waals surface area contributed by atoms with Gasteiger partial charge in [-0.1, -0.05) is 6.07 Å². The number of hydrogen-bond donors (Lipinski definition) is 0. The topological polar surface area (TPSA) is 52.0 Å². The van der Waals surface area contributed by atoms with Crippen LogP contribution < -0.4 is 0 Å². The van der Waals surface area contributed by atoms with Gasteiger partial charge in [0.15, 0.2) is 9.84 Å². The van der Waals surface area contributed by atoms with E-state index in [0.717, 1.165) is 35.3 Å². The van der Waals surface area contributed by atoms with E-state index in [0.29, 0.717) is 4.90 Å². The van der Waals surface area contributed by atoms with Crippen LogP contribution in [-0.2, 0) is 22.7 Å². The minimum absolute atomic E-state index is 0.322. The Bertz CT molecular complexity index is 1140. The average Bonchev–Trinajstić information content (AvgIpc) is 3.28. The lowest BCUT2D eigenvalue weighted by atomic mass is 10.2. The third kappa shape index (κ3) is 3.43. The van der Waals surface area contributed by atoms with Crippen LogP contribution in [0.4, 0.5) is 0 Å². The van der Waals surface area contributed by atoms with Crippen LogP contribution >= 0.6 is 11.3 Å². The van der Waals surface area contributed by atoms with E-state index in [-0.39, 0.29) is 0 Å². The molecule has 3 aromatic heterocycles. The molecule has 0 radical (unpaired) electrons. The number of hydrogen-bond acceptors (Lipinski definition) is 4. The van der Waals surface area contributed by atoms with E-state index in [1.165, 1.54) is 11.1 Å². The third-order valence-electron chi connectivity index (χ3n) is 4.35. The van der Waals surface area contributed by atoms with Crippen LogP contribution in [0.1, 0.15) is 10.6 Å². The van der Waals surface area contributed by atoms with Gasteiger partial charge in [-0.15, -0.1) is 11.3 Å². The van der Waals surface area contributed by atoms with Gasteiger partial charge in [0.25, 0.3) is 0 Å². The Morgan fingerprint density at radius 1 is 1.00 bits per heavy atom. The van der Waals surface area contributed by atoms with Gasteiger partial charge in [-0.3, -0.25) is 0 Å². The second kappa shape index (κ2) is 6.70. The summed E-state index contributed by atoms with van der Waals surface area (Å²) >= 11 is 1.77. The van der Waals surface area contributed by atoms with Gasteiger partial charge in [0.1, 0.15) is 5.65 Å². The maximum Gasteiger partial charge on any atom is 0.175 e. The summed E-state index contributed by atoms with van der Waals surface area (Å²) in [6.45, 7) is 0. The Balaban J connectivity index is 1.66. The minimum atomic E-state index is -3.19. The first-order valence-corrected chi connectivity index (χ1v) is 11.1. The second-order valence-electron chi connectivity index (χ2n) is 6.25. The van der Waals surface area contributed by atoms with Crippen molar-refractivity contribution in [2.75, 3.05) is 6.26 Å². The van der Waals surface area contributed by atoms with Crippen molar-refractivity contribution in [3.63, 3.8) is 0 Å². The summed E-state index contributed by atoms with van der Waals surface area (Å²) in [4.78, 5) is 6.51. The zero-order valence-corrected chi connectivity index (χ0v) is 15.9. The summed E-state index contributed by atoms with van der Waals surface area (Å²) in [6.07, 6.45) is 5.07. The molecule has 26 heavy (non-hydrogen) atoms. The molecule has 0 bridgehead atoms. The Morgan fingerprint density at radius 3 is 2.50 bits per heavy atom. The fourth-order valence-electron chi connectivity index (χ4n) is 2.95. The maximum atomic E-state index is 11.6. The van der Waals surface area contributed by atoms with Crippen molar-refractivity contribution in [2.24, 2.45) is 0 Å². The molecule has 132 valence electrons. The molecule has 0 aliphatic rings. The molecular formula is C20H18N2O2S2. The quantitative estimate of drug-likeness (QED) is 0.518. The predicted octanol–water partition coefficient (Wildman–Crippen LogP) is 4.28. The van der Waals surface area contributed by atoms with E-state index in [2.05, 4.69) is 29.6 Å². The van der Waals surface area contributed by atoms with Crippen molar-refractivity contribution in [1.82, 2.24) is 9.55 Å². The van der Waals surface area contributed by atoms with Crippen LogP contribution in [0, 0.1) is 0 Å². The van der Waals surface area contributed by atoms with Crippen molar-refractivity contribution in [2.45, 2.75) is 17.7 Å². The number of aryl methyl sites for hydroxylation is 2.